The number of hydrogen-bond acceptors (Lipinski definition) is 5. The van der Waals surface area contributed by atoms with E-state index in [-0.39, 0.29) is 11.7 Å². The summed E-state index contributed by atoms with van der Waals surface area (Å²) in [6.45, 7) is 0. The summed E-state index contributed by atoms with van der Waals surface area (Å²) in [6, 6.07) is 13.5. The van der Waals surface area contributed by atoms with Crippen LogP contribution in [0, 0.1) is 0 Å². The summed E-state index contributed by atoms with van der Waals surface area (Å²) >= 11 is 1.28. The lowest BCUT2D eigenvalue weighted by atomic mass is 10.2. The lowest BCUT2D eigenvalue weighted by Gasteiger charge is -2.07. The monoisotopic (exact) mass is 290 g/mol. The zero-order valence-corrected chi connectivity index (χ0v) is 11.6. The molecule has 2 rings (SSSR count). The van der Waals surface area contributed by atoms with E-state index >= 15 is 0 Å². The molecule has 3 N–H and O–H groups in total. The molecular weight excluding hydrogens is 276 g/mol. The van der Waals surface area contributed by atoms with E-state index in [1.165, 1.54) is 24.1 Å². The van der Waals surface area contributed by atoms with Crippen LogP contribution in [0.5, 0.6) is 11.5 Å². The predicted octanol–water partition coefficient (Wildman–Crippen LogP) is 2.34. The molecular formula is C14H14N2O3S. The molecule has 0 heterocycles. The van der Waals surface area contributed by atoms with Crippen molar-refractivity contribution in [2.45, 2.75) is 4.90 Å². The summed E-state index contributed by atoms with van der Waals surface area (Å²) in [5.41, 5.74) is 3.02. The normalized spacial score (nSPS) is 10.1. The van der Waals surface area contributed by atoms with Crippen molar-refractivity contribution in [3.05, 3.63) is 54.1 Å². The highest BCUT2D eigenvalue weighted by atomic mass is 32.2. The summed E-state index contributed by atoms with van der Waals surface area (Å²) in [4.78, 5) is 15.5. The Morgan fingerprint density at radius 1 is 1.10 bits per heavy atom. The lowest BCUT2D eigenvalue weighted by molar-refractivity contribution is 0.0947. The minimum Gasteiger partial charge on any atom is -0.508 e. The van der Waals surface area contributed by atoms with Crippen LogP contribution in [0.1, 0.15) is 10.4 Å². The molecule has 2 aromatic carbocycles. The van der Waals surface area contributed by atoms with Crippen LogP contribution in [0.3, 0.4) is 0 Å². The molecule has 0 aliphatic heterocycles. The number of phenols is 1. The molecule has 6 heteroatoms. The van der Waals surface area contributed by atoms with E-state index in [4.69, 9.17) is 9.84 Å². The minimum atomic E-state index is -0.272. The largest absolute Gasteiger partial charge is 0.508 e. The Hall–Kier alpha value is -2.18. The van der Waals surface area contributed by atoms with Crippen molar-refractivity contribution in [3.63, 3.8) is 0 Å². The maximum atomic E-state index is 11.8. The SMILES string of the molecule is COc1ccc(SNNC(=O)c2ccc(O)cc2)cc1. The van der Waals surface area contributed by atoms with Crippen LogP contribution >= 0.6 is 11.9 Å². The third-order valence-electron chi connectivity index (χ3n) is 2.52. The first-order valence-electron chi connectivity index (χ1n) is 5.84. The van der Waals surface area contributed by atoms with Gasteiger partial charge in [0.25, 0.3) is 5.91 Å². The average molecular weight is 290 g/mol. The number of amides is 1. The van der Waals surface area contributed by atoms with Gasteiger partial charge in [0.15, 0.2) is 0 Å². The maximum Gasteiger partial charge on any atom is 0.266 e. The highest BCUT2D eigenvalue weighted by Crippen LogP contribution is 2.18. The number of carbonyl (C=O) groups excluding carboxylic acids is 1. The van der Waals surface area contributed by atoms with E-state index in [9.17, 15) is 4.79 Å². The number of aromatic hydroxyl groups is 1. The molecule has 0 bridgehead atoms. The molecule has 2 aromatic rings. The Morgan fingerprint density at radius 2 is 1.75 bits per heavy atom. The Labute approximate surface area is 121 Å². The number of hydrazine groups is 1. The summed E-state index contributed by atoms with van der Waals surface area (Å²) < 4.78 is 5.06. The fourth-order valence-electron chi connectivity index (χ4n) is 1.46. The van der Waals surface area contributed by atoms with Crippen molar-refractivity contribution in [2.24, 2.45) is 0 Å². The highest BCUT2D eigenvalue weighted by molar-refractivity contribution is 7.97. The lowest BCUT2D eigenvalue weighted by Crippen LogP contribution is -2.32. The molecule has 0 radical (unpaired) electrons. The molecule has 20 heavy (non-hydrogen) atoms. The van der Waals surface area contributed by atoms with E-state index in [0.717, 1.165) is 10.6 Å². The summed E-state index contributed by atoms with van der Waals surface area (Å²) in [6.07, 6.45) is 0. The molecule has 0 aromatic heterocycles. The van der Waals surface area contributed by atoms with E-state index in [1.54, 1.807) is 19.2 Å². The molecule has 0 unspecified atom stereocenters. The van der Waals surface area contributed by atoms with Gasteiger partial charge in [-0.25, -0.2) is 0 Å². The smallest absolute Gasteiger partial charge is 0.266 e. The number of rotatable bonds is 5. The summed E-state index contributed by atoms with van der Waals surface area (Å²) in [5, 5.41) is 9.14. The van der Waals surface area contributed by atoms with Gasteiger partial charge in [-0.1, -0.05) is 0 Å². The molecule has 0 saturated heterocycles. The van der Waals surface area contributed by atoms with Crippen molar-refractivity contribution in [3.8, 4) is 11.5 Å². The second-order valence-corrected chi connectivity index (χ2v) is 4.76. The van der Waals surface area contributed by atoms with Crippen LogP contribution < -0.4 is 15.0 Å². The van der Waals surface area contributed by atoms with Gasteiger partial charge in [-0.3, -0.25) is 10.2 Å². The van der Waals surface area contributed by atoms with Crippen molar-refractivity contribution in [1.29, 1.82) is 0 Å². The molecule has 0 atom stereocenters. The van der Waals surface area contributed by atoms with Gasteiger partial charge in [0.2, 0.25) is 0 Å². The van der Waals surface area contributed by atoms with Gasteiger partial charge in [-0.15, -0.1) is 0 Å². The molecule has 0 aliphatic rings. The molecule has 5 nitrogen and oxygen atoms in total. The predicted molar refractivity (Wildman–Crippen MR) is 77.6 cm³/mol. The van der Waals surface area contributed by atoms with Gasteiger partial charge in [-0.05, 0) is 60.5 Å². The van der Waals surface area contributed by atoms with Crippen molar-refractivity contribution < 1.29 is 14.6 Å². The van der Waals surface area contributed by atoms with Crippen molar-refractivity contribution in [1.82, 2.24) is 10.3 Å². The Morgan fingerprint density at radius 3 is 2.35 bits per heavy atom. The highest BCUT2D eigenvalue weighted by Gasteiger charge is 2.04. The third-order valence-corrected chi connectivity index (χ3v) is 3.23. The second kappa shape index (κ2) is 6.83. The quantitative estimate of drug-likeness (QED) is 0.582. The van der Waals surface area contributed by atoms with Gasteiger partial charge >= 0.3 is 0 Å². The van der Waals surface area contributed by atoms with Crippen molar-refractivity contribution in [2.75, 3.05) is 7.11 Å². The number of methoxy groups -OCH3 is 1. The summed E-state index contributed by atoms with van der Waals surface area (Å²) in [7, 11) is 1.61. The molecule has 104 valence electrons. The Kier molecular flexibility index (Phi) is 4.86. The molecule has 1 amide bonds. The van der Waals surface area contributed by atoms with Crippen LogP contribution in [0.2, 0.25) is 0 Å². The van der Waals surface area contributed by atoms with Crippen LogP contribution in [0.15, 0.2) is 53.4 Å². The van der Waals surface area contributed by atoms with Gasteiger partial charge in [0.05, 0.1) is 7.11 Å². The van der Waals surface area contributed by atoms with Crippen molar-refractivity contribution >= 4 is 17.9 Å². The molecule has 0 fully saturated rings. The maximum absolute atomic E-state index is 11.8. The topological polar surface area (TPSA) is 70.6 Å². The zero-order chi connectivity index (χ0) is 14.4. The number of ether oxygens (including phenoxy) is 1. The zero-order valence-electron chi connectivity index (χ0n) is 10.8. The number of carbonyl (C=O) groups is 1. The van der Waals surface area contributed by atoms with Gasteiger partial charge in [-0.2, -0.15) is 4.83 Å². The fraction of sp³-hybridized carbons (Fsp3) is 0.0714. The van der Waals surface area contributed by atoms with Gasteiger partial charge < -0.3 is 9.84 Å². The van der Waals surface area contributed by atoms with E-state index < -0.39 is 0 Å². The number of hydrogen-bond donors (Lipinski definition) is 3. The molecule has 0 saturated carbocycles. The Bertz CT molecular complexity index is 570. The fourth-order valence-corrected chi connectivity index (χ4v) is 1.99. The number of benzene rings is 2. The summed E-state index contributed by atoms with van der Waals surface area (Å²) in [5.74, 6) is 0.635. The minimum absolute atomic E-state index is 0.127. The second-order valence-electron chi connectivity index (χ2n) is 3.88. The standard InChI is InChI=1S/C14H14N2O3S/c1-19-12-6-8-13(9-7-12)20-16-15-14(18)10-2-4-11(17)5-3-10/h2-9,16-17H,1H3,(H,15,18). The first kappa shape index (κ1) is 14.2. The first-order valence-corrected chi connectivity index (χ1v) is 6.66. The molecule has 0 aliphatic carbocycles. The first-order chi connectivity index (χ1) is 9.69. The molecule has 0 spiro atoms. The number of phenolic OH excluding ortho intramolecular Hbond substituents is 1. The van der Waals surface area contributed by atoms with Crippen LogP contribution in [0.4, 0.5) is 0 Å². The van der Waals surface area contributed by atoms with Gasteiger partial charge in [0.1, 0.15) is 11.5 Å². The van der Waals surface area contributed by atoms with E-state index in [0.29, 0.717) is 5.56 Å². The van der Waals surface area contributed by atoms with Crippen LogP contribution in [-0.2, 0) is 0 Å². The van der Waals surface area contributed by atoms with E-state index in [2.05, 4.69) is 10.3 Å². The average Bonchev–Trinajstić information content (AvgIpc) is 2.48. The van der Waals surface area contributed by atoms with Crippen LogP contribution in [0.25, 0.3) is 0 Å². The van der Waals surface area contributed by atoms with Crippen LogP contribution in [-0.4, -0.2) is 18.1 Å². The van der Waals surface area contributed by atoms with E-state index in [1.807, 2.05) is 24.3 Å². The Balaban J connectivity index is 1.82. The number of nitrogens with one attached hydrogen (secondary N) is 2. The van der Waals surface area contributed by atoms with Gasteiger partial charge in [0, 0.05) is 10.5 Å². The third kappa shape index (κ3) is 3.91.